The maximum atomic E-state index is 12.2. The van der Waals surface area contributed by atoms with Gasteiger partial charge in [-0.15, -0.1) is 0 Å². The molecule has 0 aliphatic carbocycles. The van der Waals surface area contributed by atoms with Gasteiger partial charge in [0.1, 0.15) is 0 Å². The van der Waals surface area contributed by atoms with Crippen LogP contribution in [-0.2, 0) is 6.54 Å². The Balaban J connectivity index is 1.88. The lowest BCUT2D eigenvalue weighted by atomic mass is 9.99. The zero-order valence-corrected chi connectivity index (χ0v) is 14.4. The number of hydrogen-bond acceptors (Lipinski definition) is 2. The van der Waals surface area contributed by atoms with E-state index >= 15 is 0 Å². The Morgan fingerprint density at radius 2 is 1.77 bits per heavy atom. The van der Waals surface area contributed by atoms with Crippen LogP contribution in [0.1, 0.15) is 56.5 Å². The van der Waals surface area contributed by atoms with Crippen molar-refractivity contribution in [2.75, 3.05) is 13.1 Å². The smallest absolute Gasteiger partial charge is 0.251 e. The van der Waals surface area contributed by atoms with Gasteiger partial charge in [-0.05, 0) is 62.4 Å². The summed E-state index contributed by atoms with van der Waals surface area (Å²) in [7, 11) is 0. The van der Waals surface area contributed by atoms with Crippen molar-refractivity contribution in [3.05, 3.63) is 35.4 Å². The van der Waals surface area contributed by atoms with E-state index in [1.165, 1.54) is 31.5 Å². The van der Waals surface area contributed by atoms with Gasteiger partial charge in [0.2, 0.25) is 0 Å². The van der Waals surface area contributed by atoms with Gasteiger partial charge in [-0.25, -0.2) is 0 Å². The first-order valence-electron chi connectivity index (χ1n) is 8.58. The lowest BCUT2D eigenvalue weighted by Crippen LogP contribution is -2.36. The third kappa shape index (κ3) is 4.84. The van der Waals surface area contributed by atoms with E-state index in [9.17, 15) is 4.79 Å². The highest BCUT2D eigenvalue weighted by Gasteiger charge is 2.16. The first kappa shape index (κ1) is 17.0. The van der Waals surface area contributed by atoms with Crippen LogP contribution in [0.5, 0.6) is 0 Å². The zero-order valence-electron chi connectivity index (χ0n) is 14.4. The number of carbonyl (C=O) groups is 1. The molecule has 1 unspecified atom stereocenters. The molecule has 1 amide bonds. The number of piperidine rings is 1. The van der Waals surface area contributed by atoms with E-state index in [1.807, 2.05) is 19.1 Å². The summed E-state index contributed by atoms with van der Waals surface area (Å²) in [6.45, 7) is 12.0. The fraction of sp³-hybridized carbons (Fsp3) is 0.632. The van der Waals surface area contributed by atoms with Crippen molar-refractivity contribution in [3.8, 4) is 0 Å². The van der Waals surface area contributed by atoms with E-state index in [-0.39, 0.29) is 11.9 Å². The molecule has 22 heavy (non-hydrogen) atoms. The number of likely N-dealkylation sites (tertiary alicyclic amines) is 1. The molecule has 0 aromatic heterocycles. The van der Waals surface area contributed by atoms with Gasteiger partial charge in [0.25, 0.3) is 5.91 Å². The van der Waals surface area contributed by atoms with Crippen LogP contribution in [0.25, 0.3) is 0 Å². The highest BCUT2D eigenvalue weighted by Crippen LogP contribution is 2.18. The third-order valence-corrected chi connectivity index (χ3v) is 4.86. The Hall–Kier alpha value is -1.35. The van der Waals surface area contributed by atoms with Crippen LogP contribution < -0.4 is 5.32 Å². The highest BCUT2D eigenvalue weighted by atomic mass is 16.1. The van der Waals surface area contributed by atoms with Gasteiger partial charge in [0, 0.05) is 18.2 Å². The van der Waals surface area contributed by atoms with E-state index < -0.39 is 0 Å². The van der Waals surface area contributed by atoms with Crippen LogP contribution in [0, 0.1) is 11.8 Å². The molecule has 0 saturated carbocycles. The summed E-state index contributed by atoms with van der Waals surface area (Å²) in [4.78, 5) is 14.7. The van der Waals surface area contributed by atoms with Crippen molar-refractivity contribution in [1.82, 2.24) is 10.2 Å². The predicted octanol–water partition coefficient (Wildman–Crippen LogP) is 3.69. The average molecular weight is 302 g/mol. The van der Waals surface area contributed by atoms with Gasteiger partial charge in [-0.1, -0.05) is 32.9 Å². The Morgan fingerprint density at radius 1 is 1.18 bits per heavy atom. The molecule has 0 spiro atoms. The van der Waals surface area contributed by atoms with E-state index in [4.69, 9.17) is 0 Å². The Morgan fingerprint density at radius 3 is 2.32 bits per heavy atom. The molecule has 2 rings (SSSR count). The van der Waals surface area contributed by atoms with Gasteiger partial charge < -0.3 is 5.32 Å². The summed E-state index contributed by atoms with van der Waals surface area (Å²) < 4.78 is 0. The van der Waals surface area contributed by atoms with Crippen molar-refractivity contribution in [2.24, 2.45) is 11.8 Å². The first-order chi connectivity index (χ1) is 10.5. The minimum Gasteiger partial charge on any atom is -0.349 e. The van der Waals surface area contributed by atoms with E-state index in [2.05, 4.69) is 43.1 Å². The summed E-state index contributed by atoms with van der Waals surface area (Å²) in [5.74, 6) is 1.34. The van der Waals surface area contributed by atoms with E-state index in [0.29, 0.717) is 5.92 Å². The molecule has 1 aliphatic rings. The van der Waals surface area contributed by atoms with Crippen molar-refractivity contribution < 1.29 is 4.79 Å². The summed E-state index contributed by atoms with van der Waals surface area (Å²) in [6.07, 6.45) is 2.60. The summed E-state index contributed by atoms with van der Waals surface area (Å²) >= 11 is 0. The molecule has 122 valence electrons. The highest BCUT2D eigenvalue weighted by molar-refractivity contribution is 5.94. The SMILES string of the molecule is CC1CCN(Cc2ccc(C(=O)NC(C)C(C)C)cc2)CC1. The minimum absolute atomic E-state index is 0.0274. The molecule has 1 aromatic carbocycles. The number of benzene rings is 1. The van der Waals surface area contributed by atoms with Crippen LogP contribution in [0.3, 0.4) is 0 Å². The summed E-state index contributed by atoms with van der Waals surface area (Å²) in [5, 5.41) is 3.05. The molecule has 1 aliphatic heterocycles. The van der Waals surface area contributed by atoms with Gasteiger partial charge in [0.05, 0.1) is 0 Å². The standard InChI is InChI=1S/C19H30N2O/c1-14(2)16(4)20-19(22)18-7-5-17(6-8-18)13-21-11-9-15(3)10-12-21/h5-8,14-16H,9-13H2,1-4H3,(H,20,22). The summed E-state index contributed by atoms with van der Waals surface area (Å²) in [5.41, 5.74) is 2.05. The van der Waals surface area contributed by atoms with Crippen molar-refractivity contribution >= 4 is 5.91 Å². The molecule has 1 aromatic rings. The van der Waals surface area contributed by atoms with Crippen molar-refractivity contribution in [2.45, 2.75) is 53.1 Å². The fourth-order valence-electron chi connectivity index (χ4n) is 2.70. The monoisotopic (exact) mass is 302 g/mol. The van der Waals surface area contributed by atoms with Crippen LogP contribution in [0.4, 0.5) is 0 Å². The van der Waals surface area contributed by atoms with Crippen LogP contribution in [0.2, 0.25) is 0 Å². The normalized spacial score (nSPS) is 18.4. The molecular formula is C19H30N2O. The second-order valence-corrected chi connectivity index (χ2v) is 7.16. The molecule has 1 heterocycles. The van der Waals surface area contributed by atoms with E-state index in [0.717, 1.165) is 18.0 Å². The molecular weight excluding hydrogens is 272 g/mol. The molecule has 1 fully saturated rings. The maximum absolute atomic E-state index is 12.2. The second-order valence-electron chi connectivity index (χ2n) is 7.16. The van der Waals surface area contributed by atoms with Crippen LogP contribution in [-0.4, -0.2) is 29.9 Å². The molecule has 3 nitrogen and oxygen atoms in total. The number of hydrogen-bond donors (Lipinski definition) is 1. The number of carbonyl (C=O) groups excluding carboxylic acids is 1. The maximum Gasteiger partial charge on any atom is 0.251 e. The predicted molar refractivity (Wildman–Crippen MR) is 91.9 cm³/mol. The van der Waals surface area contributed by atoms with Gasteiger partial charge in [-0.3, -0.25) is 9.69 Å². The second kappa shape index (κ2) is 7.77. The molecule has 1 atom stereocenters. The largest absolute Gasteiger partial charge is 0.349 e. The van der Waals surface area contributed by atoms with Crippen LogP contribution in [0.15, 0.2) is 24.3 Å². The molecule has 0 radical (unpaired) electrons. The summed E-state index contributed by atoms with van der Waals surface area (Å²) in [6, 6.07) is 8.27. The van der Waals surface area contributed by atoms with E-state index in [1.54, 1.807) is 0 Å². The fourth-order valence-corrected chi connectivity index (χ4v) is 2.70. The number of nitrogens with zero attached hydrogens (tertiary/aromatic N) is 1. The minimum atomic E-state index is 0.0274. The van der Waals surface area contributed by atoms with Gasteiger partial charge in [0.15, 0.2) is 0 Å². The molecule has 3 heteroatoms. The van der Waals surface area contributed by atoms with Crippen molar-refractivity contribution in [3.63, 3.8) is 0 Å². The topological polar surface area (TPSA) is 32.3 Å². The number of amides is 1. The molecule has 0 bridgehead atoms. The first-order valence-corrected chi connectivity index (χ1v) is 8.58. The lowest BCUT2D eigenvalue weighted by molar-refractivity contribution is 0.0930. The number of rotatable bonds is 5. The average Bonchev–Trinajstić information content (AvgIpc) is 2.50. The zero-order chi connectivity index (χ0) is 16.1. The van der Waals surface area contributed by atoms with Crippen molar-refractivity contribution in [1.29, 1.82) is 0 Å². The van der Waals surface area contributed by atoms with Crippen LogP contribution >= 0.6 is 0 Å². The quantitative estimate of drug-likeness (QED) is 0.899. The Bertz CT molecular complexity index is 473. The molecule has 1 N–H and O–H groups in total. The Kier molecular flexibility index (Phi) is 6.01. The molecule has 1 saturated heterocycles. The number of nitrogens with one attached hydrogen (secondary N) is 1. The van der Waals surface area contributed by atoms with Gasteiger partial charge in [-0.2, -0.15) is 0 Å². The lowest BCUT2D eigenvalue weighted by Gasteiger charge is -2.30. The third-order valence-electron chi connectivity index (χ3n) is 4.86. The van der Waals surface area contributed by atoms with Gasteiger partial charge >= 0.3 is 0 Å². The Labute approximate surface area is 135 Å².